The van der Waals surface area contributed by atoms with Gasteiger partial charge < -0.3 is 14.6 Å². The Morgan fingerprint density at radius 3 is 2.65 bits per heavy atom. The highest BCUT2D eigenvalue weighted by atomic mass is 32.1. The summed E-state index contributed by atoms with van der Waals surface area (Å²) in [6.45, 7) is 3.66. The van der Waals surface area contributed by atoms with Gasteiger partial charge in [0.1, 0.15) is 22.0 Å². The standard InChI is InChI=1S/C19H18N2O4S/c1-4-13-10-14(19(23)24-3)18(26-13)20-17(22)15-11(2)25-21-16(15)12-8-6-5-7-9-12/h5-10H,4H2,1-3H3,(H,20,22). The van der Waals surface area contributed by atoms with E-state index in [9.17, 15) is 9.59 Å². The molecule has 0 bridgehead atoms. The number of nitrogens with one attached hydrogen (secondary N) is 1. The van der Waals surface area contributed by atoms with Crippen LogP contribution < -0.4 is 5.32 Å². The number of hydrogen-bond donors (Lipinski definition) is 1. The normalized spacial score (nSPS) is 10.6. The molecule has 0 saturated carbocycles. The van der Waals surface area contributed by atoms with Crippen LogP contribution >= 0.6 is 11.3 Å². The summed E-state index contributed by atoms with van der Waals surface area (Å²) in [5, 5.41) is 7.29. The lowest BCUT2D eigenvalue weighted by atomic mass is 10.1. The Hall–Kier alpha value is -2.93. The van der Waals surface area contributed by atoms with Gasteiger partial charge in [-0.15, -0.1) is 11.3 Å². The minimum absolute atomic E-state index is 0.345. The molecule has 0 unspecified atom stereocenters. The van der Waals surface area contributed by atoms with Gasteiger partial charge in [-0.25, -0.2) is 4.79 Å². The maximum atomic E-state index is 12.9. The van der Waals surface area contributed by atoms with Crippen LogP contribution in [-0.4, -0.2) is 24.1 Å². The van der Waals surface area contributed by atoms with Gasteiger partial charge in [-0.05, 0) is 19.4 Å². The topological polar surface area (TPSA) is 81.4 Å². The summed E-state index contributed by atoms with van der Waals surface area (Å²) in [6, 6.07) is 11.1. The third kappa shape index (κ3) is 3.39. The van der Waals surface area contributed by atoms with Crippen molar-refractivity contribution in [2.24, 2.45) is 0 Å². The molecule has 1 amide bonds. The quantitative estimate of drug-likeness (QED) is 0.677. The minimum atomic E-state index is -0.485. The predicted molar refractivity (Wildman–Crippen MR) is 99.7 cm³/mol. The van der Waals surface area contributed by atoms with Crippen molar-refractivity contribution in [3.05, 3.63) is 58.2 Å². The monoisotopic (exact) mass is 370 g/mol. The Morgan fingerprint density at radius 2 is 2.00 bits per heavy atom. The van der Waals surface area contributed by atoms with Crippen LogP contribution in [0.3, 0.4) is 0 Å². The molecule has 3 rings (SSSR count). The lowest BCUT2D eigenvalue weighted by Crippen LogP contribution is -2.15. The fourth-order valence-corrected chi connectivity index (χ4v) is 3.55. The third-order valence-corrected chi connectivity index (χ3v) is 5.10. The van der Waals surface area contributed by atoms with Gasteiger partial charge in [0.15, 0.2) is 0 Å². The van der Waals surface area contributed by atoms with Crippen molar-refractivity contribution in [1.82, 2.24) is 5.16 Å². The van der Waals surface area contributed by atoms with Crippen LogP contribution in [0.4, 0.5) is 5.00 Å². The van der Waals surface area contributed by atoms with Gasteiger partial charge in [-0.2, -0.15) is 0 Å². The third-order valence-electron chi connectivity index (χ3n) is 3.90. The number of thiophene rings is 1. The summed E-state index contributed by atoms with van der Waals surface area (Å²) in [5.74, 6) is -0.452. The zero-order valence-corrected chi connectivity index (χ0v) is 15.5. The van der Waals surface area contributed by atoms with Crippen LogP contribution in [-0.2, 0) is 11.2 Å². The molecule has 1 aromatic carbocycles. The molecule has 0 aliphatic carbocycles. The molecule has 0 atom stereocenters. The fraction of sp³-hybridized carbons (Fsp3) is 0.211. The highest BCUT2D eigenvalue weighted by molar-refractivity contribution is 7.16. The number of ether oxygens (including phenoxy) is 1. The van der Waals surface area contributed by atoms with Crippen molar-refractivity contribution in [3.8, 4) is 11.3 Å². The maximum Gasteiger partial charge on any atom is 0.340 e. The molecule has 134 valence electrons. The average Bonchev–Trinajstić information content (AvgIpc) is 3.25. The number of esters is 1. The summed E-state index contributed by atoms with van der Waals surface area (Å²) in [6.07, 6.45) is 0.756. The van der Waals surface area contributed by atoms with E-state index in [0.717, 1.165) is 16.9 Å². The Kier molecular flexibility index (Phi) is 5.18. The maximum absolute atomic E-state index is 12.9. The summed E-state index contributed by atoms with van der Waals surface area (Å²) in [5.41, 5.74) is 1.94. The van der Waals surface area contributed by atoms with Gasteiger partial charge in [0.25, 0.3) is 5.91 Å². The molecule has 7 heteroatoms. The highest BCUT2D eigenvalue weighted by Gasteiger charge is 2.24. The molecule has 0 aliphatic rings. The predicted octanol–water partition coefficient (Wildman–Crippen LogP) is 4.31. The van der Waals surface area contributed by atoms with E-state index in [2.05, 4.69) is 10.5 Å². The number of nitrogens with zero attached hydrogens (tertiary/aromatic N) is 1. The number of methoxy groups -OCH3 is 1. The first kappa shape index (κ1) is 17.9. The zero-order valence-electron chi connectivity index (χ0n) is 14.7. The van der Waals surface area contributed by atoms with Crippen molar-refractivity contribution in [2.45, 2.75) is 20.3 Å². The summed E-state index contributed by atoms with van der Waals surface area (Å²) in [4.78, 5) is 25.9. The van der Waals surface area contributed by atoms with Gasteiger partial charge in [-0.3, -0.25) is 4.79 Å². The lowest BCUT2D eigenvalue weighted by molar-refractivity contribution is 0.0602. The van der Waals surface area contributed by atoms with Crippen molar-refractivity contribution in [2.75, 3.05) is 12.4 Å². The Morgan fingerprint density at radius 1 is 1.27 bits per heavy atom. The molecule has 6 nitrogen and oxygen atoms in total. The second-order valence-corrected chi connectivity index (χ2v) is 6.72. The van der Waals surface area contributed by atoms with Crippen LogP contribution in [0.1, 0.15) is 38.3 Å². The summed E-state index contributed by atoms with van der Waals surface area (Å²) < 4.78 is 10.0. The van der Waals surface area contributed by atoms with Gasteiger partial charge >= 0.3 is 5.97 Å². The SMILES string of the molecule is CCc1cc(C(=O)OC)c(NC(=O)c2c(-c3ccccc3)noc2C)s1. The molecule has 0 radical (unpaired) electrons. The average molecular weight is 370 g/mol. The first-order chi connectivity index (χ1) is 12.5. The van der Waals surface area contributed by atoms with E-state index < -0.39 is 5.97 Å². The van der Waals surface area contributed by atoms with Gasteiger partial charge in [0.2, 0.25) is 0 Å². The molecule has 2 heterocycles. The zero-order chi connectivity index (χ0) is 18.7. The Bertz CT molecular complexity index is 944. The number of carbonyl (C=O) groups is 2. The summed E-state index contributed by atoms with van der Waals surface area (Å²) >= 11 is 1.35. The molecule has 2 aromatic heterocycles. The highest BCUT2D eigenvalue weighted by Crippen LogP contribution is 2.31. The van der Waals surface area contributed by atoms with E-state index in [1.807, 2.05) is 37.3 Å². The fourth-order valence-electron chi connectivity index (χ4n) is 2.57. The van der Waals surface area contributed by atoms with E-state index in [-0.39, 0.29) is 5.91 Å². The first-order valence-electron chi connectivity index (χ1n) is 8.09. The molecule has 0 fully saturated rings. The van der Waals surface area contributed by atoms with Crippen LogP contribution in [0.15, 0.2) is 40.9 Å². The molecule has 0 aliphatic heterocycles. The van der Waals surface area contributed by atoms with E-state index in [4.69, 9.17) is 9.26 Å². The Balaban J connectivity index is 1.96. The second kappa shape index (κ2) is 7.53. The number of benzene rings is 1. The van der Waals surface area contributed by atoms with Crippen LogP contribution in [0.2, 0.25) is 0 Å². The minimum Gasteiger partial charge on any atom is -0.465 e. The number of rotatable bonds is 5. The van der Waals surface area contributed by atoms with Gasteiger partial charge in [0.05, 0.1) is 12.7 Å². The molecule has 26 heavy (non-hydrogen) atoms. The lowest BCUT2D eigenvalue weighted by Gasteiger charge is -2.06. The molecule has 0 saturated heterocycles. The largest absolute Gasteiger partial charge is 0.465 e. The summed E-state index contributed by atoms with van der Waals surface area (Å²) in [7, 11) is 1.31. The number of hydrogen-bond acceptors (Lipinski definition) is 6. The molecule has 3 aromatic rings. The molecular formula is C19H18N2O4S. The number of anilines is 1. The number of amides is 1. The van der Waals surface area contributed by atoms with Crippen molar-refractivity contribution < 1.29 is 18.8 Å². The van der Waals surface area contributed by atoms with Gasteiger partial charge in [0, 0.05) is 10.4 Å². The van der Waals surface area contributed by atoms with Crippen molar-refractivity contribution in [3.63, 3.8) is 0 Å². The van der Waals surface area contributed by atoms with Crippen molar-refractivity contribution in [1.29, 1.82) is 0 Å². The van der Waals surface area contributed by atoms with Crippen molar-refractivity contribution >= 4 is 28.2 Å². The molecule has 1 N–H and O–H groups in total. The number of aryl methyl sites for hydroxylation is 2. The second-order valence-electron chi connectivity index (χ2n) is 5.58. The van der Waals surface area contributed by atoms with E-state index in [1.54, 1.807) is 13.0 Å². The smallest absolute Gasteiger partial charge is 0.340 e. The van der Waals surface area contributed by atoms with E-state index >= 15 is 0 Å². The van der Waals surface area contributed by atoms with Crippen LogP contribution in [0, 0.1) is 6.92 Å². The van der Waals surface area contributed by atoms with E-state index in [0.29, 0.717) is 27.6 Å². The number of aromatic nitrogens is 1. The number of carbonyl (C=O) groups excluding carboxylic acids is 2. The van der Waals surface area contributed by atoms with E-state index in [1.165, 1.54) is 18.4 Å². The van der Waals surface area contributed by atoms with Crippen LogP contribution in [0.5, 0.6) is 0 Å². The van der Waals surface area contributed by atoms with Crippen LogP contribution in [0.25, 0.3) is 11.3 Å². The Labute approximate surface area is 154 Å². The van der Waals surface area contributed by atoms with Gasteiger partial charge in [-0.1, -0.05) is 42.4 Å². The first-order valence-corrected chi connectivity index (χ1v) is 8.90. The molecule has 0 spiro atoms. The molecular weight excluding hydrogens is 352 g/mol.